The van der Waals surface area contributed by atoms with Crippen LogP contribution >= 0.6 is 35.4 Å². The van der Waals surface area contributed by atoms with Crippen LogP contribution in [0.5, 0.6) is 5.75 Å². The van der Waals surface area contributed by atoms with Crippen molar-refractivity contribution in [1.82, 2.24) is 5.32 Å². The van der Waals surface area contributed by atoms with Crippen LogP contribution in [0.2, 0.25) is 10.0 Å². The number of rotatable bonds is 4. The van der Waals surface area contributed by atoms with E-state index >= 15 is 0 Å². The molecule has 2 N–H and O–H groups in total. The smallest absolute Gasteiger partial charge is 0.171 e. The van der Waals surface area contributed by atoms with Crippen molar-refractivity contribution in [1.29, 1.82) is 0 Å². The summed E-state index contributed by atoms with van der Waals surface area (Å²) in [5.74, 6) is 0.824. The van der Waals surface area contributed by atoms with Gasteiger partial charge in [0, 0.05) is 11.6 Å². The van der Waals surface area contributed by atoms with Gasteiger partial charge in [-0.05, 0) is 48.1 Å². The molecule has 21 heavy (non-hydrogen) atoms. The average molecular weight is 341 g/mol. The van der Waals surface area contributed by atoms with Crippen LogP contribution < -0.4 is 15.4 Å². The predicted molar refractivity (Wildman–Crippen MR) is 92.5 cm³/mol. The number of methoxy groups -OCH3 is 1. The van der Waals surface area contributed by atoms with Gasteiger partial charge >= 0.3 is 0 Å². The number of anilines is 1. The van der Waals surface area contributed by atoms with E-state index in [4.69, 9.17) is 40.2 Å². The quantitative estimate of drug-likeness (QED) is 0.803. The van der Waals surface area contributed by atoms with Crippen LogP contribution in [0, 0.1) is 0 Å². The lowest BCUT2D eigenvalue weighted by atomic mass is 10.2. The lowest BCUT2D eigenvalue weighted by molar-refractivity contribution is 0.414. The molecule has 0 radical (unpaired) electrons. The Hall–Kier alpha value is -1.49. The third kappa shape index (κ3) is 4.77. The van der Waals surface area contributed by atoms with Gasteiger partial charge in [-0.1, -0.05) is 35.3 Å². The standard InChI is InChI=1S/C15H14Cl2N2OS/c1-20-12-5-2-10(3-6-12)9-18-15(21)19-14-8-11(16)4-7-13(14)17/h2-8H,9H2,1H3,(H2,18,19,21). The van der Waals surface area contributed by atoms with Crippen LogP contribution in [-0.4, -0.2) is 12.2 Å². The number of benzene rings is 2. The Balaban J connectivity index is 1.91. The zero-order chi connectivity index (χ0) is 15.2. The summed E-state index contributed by atoms with van der Waals surface area (Å²) in [4.78, 5) is 0. The van der Waals surface area contributed by atoms with E-state index in [2.05, 4.69) is 10.6 Å². The van der Waals surface area contributed by atoms with Gasteiger partial charge in [0.15, 0.2) is 5.11 Å². The van der Waals surface area contributed by atoms with E-state index in [9.17, 15) is 0 Å². The fourth-order valence-electron chi connectivity index (χ4n) is 1.69. The molecule has 2 rings (SSSR count). The zero-order valence-corrected chi connectivity index (χ0v) is 13.6. The van der Waals surface area contributed by atoms with Gasteiger partial charge in [-0.3, -0.25) is 0 Å². The lowest BCUT2D eigenvalue weighted by Gasteiger charge is -2.12. The first-order valence-corrected chi connectivity index (χ1v) is 7.38. The highest BCUT2D eigenvalue weighted by Gasteiger charge is 2.04. The molecule has 0 saturated carbocycles. The fourth-order valence-corrected chi connectivity index (χ4v) is 2.20. The Morgan fingerprint density at radius 1 is 1.14 bits per heavy atom. The van der Waals surface area contributed by atoms with Gasteiger partial charge in [-0.15, -0.1) is 0 Å². The molecular formula is C15H14Cl2N2OS. The zero-order valence-electron chi connectivity index (χ0n) is 11.3. The van der Waals surface area contributed by atoms with Crippen LogP contribution in [0.4, 0.5) is 5.69 Å². The number of halogens is 2. The van der Waals surface area contributed by atoms with Crippen molar-refractivity contribution in [2.24, 2.45) is 0 Å². The average Bonchev–Trinajstić information content (AvgIpc) is 2.49. The maximum absolute atomic E-state index is 6.07. The maximum atomic E-state index is 6.07. The molecule has 2 aromatic carbocycles. The first-order chi connectivity index (χ1) is 10.1. The number of thiocarbonyl (C=S) groups is 1. The molecule has 6 heteroatoms. The molecular weight excluding hydrogens is 327 g/mol. The predicted octanol–water partition coefficient (Wildman–Crippen LogP) is 4.49. The summed E-state index contributed by atoms with van der Waals surface area (Å²) in [6.45, 7) is 0.605. The maximum Gasteiger partial charge on any atom is 0.171 e. The van der Waals surface area contributed by atoms with Gasteiger partial charge in [0.2, 0.25) is 0 Å². The van der Waals surface area contributed by atoms with E-state index < -0.39 is 0 Å². The van der Waals surface area contributed by atoms with Crippen LogP contribution in [0.3, 0.4) is 0 Å². The molecule has 0 unspecified atom stereocenters. The second-order valence-corrected chi connectivity index (χ2v) is 5.53. The molecule has 0 aliphatic carbocycles. The highest BCUT2D eigenvalue weighted by atomic mass is 35.5. The number of ether oxygens (including phenoxy) is 1. The molecule has 0 aromatic heterocycles. The normalized spacial score (nSPS) is 10.0. The minimum Gasteiger partial charge on any atom is -0.497 e. The largest absolute Gasteiger partial charge is 0.497 e. The van der Waals surface area contributed by atoms with Gasteiger partial charge in [0.05, 0.1) is 17.8 Å². The Labute approximate surface area is 139 Å². The fraction of sp³-hybridized carbons (Fsp3) is 0.133. The van der Waals surface area contributed by atoms with Crippen molar-refractivity contribution in [2.45, 2.75) is 6.54 Å². The van der Waals surface area contributed by atoms with E-state index in [1.165, 1.54) is 0 Å². The topological polar surface area (TPSA) is 33.3 Å². The third-order valence-electron chi connectivity index (χ3n) is 2.79. The summed E-state index contributed by atoms with van der Waals surface area (Å²) in [6, 6.07) is 12.9. The second-order valence-electron chi connectivity index (χ2n) is 4.28. The Bertz CT molecular complexity index is 632. The highest BCUT2D eigenvalue weighted by molar-refractivity contribution is 7.80. The van der Waals surface area contributed by atoms with Crippen LogP contribution in [0.25, 0.3) is 0 Å². The molecule has 3 nitrogen and oxygen atoms in total. The van der Waals surface area contributed by atoms with Crippen LogP contribution in [0.1, 0.15) is 5.56 Å². The molecule has 0 heterocycles. The van der Waals surface area contributed by atoms with Crippen molar-refractivity contribution in [3.8, 4) is 5.75 Å². The van der Waals surface area contributed by atoms with Crippen LogP contribution in [0.15, 0.2) is 42.5 Å². The number of nitrogens with one attached hydrogen (secondary N) is 2. The molecule has 0 aliphatic heterocycles. The van der Waals surface area contributed by atoms with E-state index in [0.29, 0.717) is 27.4 Å². The van der Waals surface area contributed by atoms with Crippen molar-refractivity contribution in [3.63, 3.8) is 0 Å². The van der Waals surface area contributed by atoms with Crippen molar-refractivity contribution in [2.75, 3.05) is 12.4 Å². The van der Waals surface area contributed by atoms with E-state index in [1.807, 2.05) is 24.3 Å². The molecule has 0 spiro atoms. The summed E-state index contributed by atoms with van der Waals surface area (Å²) in [5.41, 5.74) is 1.77. The third-order valence-corrected chi connectivity index (χ3v) is 3.60. The lowest BCUT2D eigenvalue weighted by Crippen LogP contribution is -2.27. The Morgan fingerprint density at radius 3 is 2.52 bits per heavy atom. The molecule has 110 valence electrons. The van der Waals surface area contributed by atoms with Gasteiger partial charge in [0.1, 0.15) is 5.75 Å². The molecule has 0 aliphatic rings. The van der Waals surface area contributed by atoms with Crippen molar-refractivity contribution in [3.05, 3.63) is 58.1 Å². The van der Waals surface area contributed by atoms with Gasteiger partial charge in [-0.2, -0.15) is 0 Å². The second kappa shape index (κ2) is 7.50. The Kier molecular flexibility index (Phi) is 5.67. The minimum atomic E-state index is 0.481. The molecule has 0 fully saturated rings. The molecule has 0 atom stereocenters. The number of hydrogen-bond donors (Lipinski definition) is 2. The molecule has 0 saturated heterocycles. The van der Waals surface area contributed by atoms with Crippen LogP contribution in [-0.2, 0) is 6.54 Å². The van der Waals surface area contributed by atoms with E-state index in [-0.39, 0.29) is 0 Å². The minimum absolute atomic E-state index is 0.481. The highest BCUT2D eigenvalue weighted by Crippen LogP contribution is 2.25. The van der Waals surface area contributed by atoms with Gasteiger partial charge in [0.25, 0.3) is 0 Å². The summed E-state index contributed by atoms with van der Waals surface area (Å²) in [5, 5.41) is 7.77. The Morgan fingerprint density at radius 2 is 1.86 bits per heavy atom. The number of hydrogen-bond acceptors (Lipinski definition) is 2. The summed E-state index contributed by atoms with van der Waals surface area (Å²) in [7, 11) is 1.64. The molecule has 0 amide bonds. The monoisotopic (exact) mass is 340 g/mol. The van der Waals surface area contributed by atoms with E-state index in [1.54, 1.807) is 25.3 Å². The summed E-state index contributed by atoms with van der Waals surface area (Å²) < 4.78 is 5.11. The first kappa shape index (κ1) is 15.9. The van der Waals surface area contributed by atoms with Crippen molar-refractivity contribution >= 4 is 46.2 Å². The molecule has 2 aromatic rings. The first-order valence-electron chi connectivity index (χ1n) is 6.21. The van der Waals surface area contributed by atoms with Gasteiger partial charge < -0.3 is 15.4 Å². The van der Waals surface area contributed by atoms with Gasteiger partial charge in [-0.25, -0.2) is 0 Å². The SMILES string of the molecule is COc1ccc(CNC(=S)Nc2cc(Cl)ccc2Cl)cc1. The summed E-state index contributed by atoms with van der Waals surface area (Å²) >= 11 is 17.2. The molecule has 0 bridgehead atoms. The summed E-state index contributed by atoms with van der Waals surface area (Å²) in [6.07, 6.45) is 0. The van der Waals surface area contributed by atoms with Crippen molar-refractivity contribution < 1.29 is 4.74 Å². The van der Waals surface area contributed by atoms with E-state index in [0.717, 1.165) is 11.3 Å².